The van der Waals surface area contributed by atoms with E-state index >= 15 is 0 Å². The SMILES string of the molecule is CN1Cc2c(C(=O)NC(=O)c3ncn4c3CN(C)C(=O)c3c(Cl)cccc3-4)ncn2-c2cccc(Cl)c2C1=O. The Labute approximate surface area is 231 Å². The third-order valence-electron chi connectivity index (χ3n) is 6.79. The molecule has 0 saturated heterocycles. The molecule has 0 saturated carbocycles. The smallest absolute Gasteiger partial charge is 0.278 e. The quantitative estimate of drug-likeness (QED) is 0.374. The second-order valence-corrected chi connectivity index (χ2v) is 10.0. The van der Waals surface area contributed by atoms with E-state index in [1.54, 1.807) is 59.6 Å². The molecule has 6 rings (SSSR count). The average Bonchev–Trinajstić information content (AvgIpc) is 3.46. The molecule has 13 heteroatoms. The summed E-state index contributed by atoms with van der Waals surface area (Å²) in [4.78, 5) is 63.9. The van der Waals surface area contributed by atoms with Crippen LogP contribution < -0.4 is 5.32 Å². The maximum absolute atomic E-state index is 13.3. The number of aromatic nitrogens is 4. The zero-order chi connectivity index (χ0) is 27.6. The third kappa shape index (κ3) is 3.81. The number of halogens is 2. The minimum Gasteiger partial charge on any atom is -0.336 e. The summed E-state index contributed by atoms with van der Waals surface area (Å²) in [6, 6.07) is 10.0. The van der Waals surface area contributed by atoms with Gasteiger partial charge in [0.25, 0.3) is 23.6 Å². The van der Waals surface area contributed by atoms with Crippen molar-refractivity contribution in [2.45, 2.75) is 13.1 Å². The van der Waals surface area contributed by atoms with Crippen LogP contribution in [0.2, 0.25) is 10.0 Å². The second-order valence-electron chi connectivity index (χ2n) is 9.19. The number of carbonyl (C=O) groups excluding carboxylic acids is 4. The van der Waals surface area contributed by atoms with E-state index in [2.05, 4.69) is 15.3 Å². The summed E-state index contributed by atoms with van der Waals surface area (Å²) in [7, 11) is 3.18. The Bertz CT molecular complexity index is 1620. The van der Waals surface area contributed by atoms with Crippen molar-refractivity contribution in [1.82, 2.24) is 34.2 Å². The van der Waals surface area contributed by atoms with Crippen molar-refractivity contribution in [3.05, 3.63) is 93.0 Å². The van der Waals surface area contributed by atoms with Crippen LogP contribution in [-0.4, -0.2) is 66.6 Å². The van der Waals surface area contributed by atoms with E-state index in [9.17, 15) is 19.2 Å². The van der Waals surface area contributed by atoms with Gasteiger partial charge in [0, 0.05) is 14.1 Å². The number of amides is 4. The number of benzene rings is 2. The van der Waals surface area contributed by atoms with Crippen LogP contribution in [0.1, 0.15) is 53.1 Å². The first kappa shape index (κ1) is 24.8. The van der Waals surface area contributed by atoms with Crippen molar-refractivity contribution < 1.29 is 19.2 Å². The molecule has 1 N–H and O–H groups in total. The minimum atomic E-state index is -0.761. The summed E-state index contributed by atoms with van der Waals surface area (Å²) in [5, 5.41) is 2.91. The monoisotopic (exact) mass is 563 g/mol. The first-order valence-corrected chi connectivity index (χ1v) is 12.5. The van der Waals surface area contributed by atoms with Crippen molar-refractivity contribution in [3.63, 3.8) is 0 Å². The molecule has 0 bridgehead atoms. The van der Waals surface area contributed by atoms with Crippen LogP contribution in [0.4, 0.5) is 0 Å². The summed E-state index contributed by atoms with van der Waals surface area (Å²) in [5.41, 5.74) is 2.32. The molecule has 0 fully saturated rings. The van der Waals surface area contributed by atoms with E-state index in [0.29, 0.717) is 33.9 Å². The normalized spacial score (nSPS) is 14.2. The molecule has 39 heavy (non-hydrogen) atoms. The molecule has 2 aromatic heterocycles. The molecule has 0 spiro atoms. The van der Waals surface area contributed by atoms with Crippen LogP contribution >= 0.6 is 23.2 Å². The number of imidazole rings is 2. The maximum Gasteiger partial charge on any atom is 0.278 e. The molecule has 0 aliphatic carbocycles. The molecular weight excluding hydrogens is 545 g/mol. The number of rotatable bonds is 2. The lowest BCUT2D eigenvalue weighted by Gasteiger charge is -2.15. The first-order valence-electron chi connectivity index (χ1n) is 11.7. The number of nitrogens with zero attached hydrogens (tertiary/aromatic N) is 6. The van der Waals surface area contributed by atoms with Gasteiger partial charge in [0.2, 0.25) is 0 Å². The van der Waals surface area contributed by atoms with Gasteiger partial charge >= 0.3 is 0 Å². The van der Waals surface area contributed by atoms with Crippen LogP contribution in [0.3, 0.4) is 0 Å². The fraction of sp³-hybridized carbons (Fsp3) is 0.154. The Morgan fingerprint density at radius 1 is 0.744 bits per heavy atom. The lowest BCUT2D eigenvalue weighted by Crippen LogP contribution is -2.34. The van der Waals surface area contributed by atoms with Crippen LogP contribution in [0.5, 0.6) is 0 Å². The summed E-state index contributed by atoms with van der Waals surface area (Å²) in [6.07, 6.45) is 2.83. The molecule has 4 amide bonds. The van der Waals surface area contributed by atoms with Gasteiger partial charge in [-0.05, 0) is 24.3 Å². The summed E-state index contributed by atoms with van der Waals surface area (Å²) in [6.45, 7) is 0.121. The van der Waals surface area contributed by atoms with E-state index in [0.717, 1.165) is 0 Å². The average molecular weight is 564 g/mol. The van der Waals surface area contributed by atoms with Crippen molar-refractivity contribution in [2.75, 3.05) is 14.1 Å². The Kier molecular flexibility index (Phi) is 5.77. The van der Waals surface area contributed by atoms with E-state index < -0.39 is 11.8 Å². The number of hydrogen-bond donors (Lipinski definition) is 1. The molecule has 0 atom stereocenters. The lowest BCUT2D eigenvalue weighted by molar-refractivity contribution is 0.0779. The molecule has 11 nitrogen and oxygen atoms in total. The van der Waals surface area contributed by atoms with Gasteiger partial charge < -0.3 is 9.80 Å². The number of carbonyl (C=O) groups is 4. The maximum atomic E-state index is 13.3. The van der Waals surface area contributed by atoms with Crippen molar-refractivity contribution >= 4 is 46.8 Å². The fourth-order valence-corrected chi connectivity index (χ4v) is 5.39. The third-order valence-corrected chi connectivity index (χ3v) is 7.42. The Balaban J connectivity index is 1.35. The molecule has 196 valence electrons. The summed E-state index contributed by atoms with van der Waals surface area (Å²) >= 11 is 12.6. The van der Waals surface area contributed by atoms with Gasteiger partial charge in [-0.15, -0.1) is 0 Å². The highest BCUT2D eigenvalue weighted by Crippen LogP contribution is 2.32. The Morgan fingerprint density at radius 2 is 1.15 bits per heavy atom. The number of hydrogen-bond acceptors (Lipinski definition) is 6. The predicted molar refractivity (Wildman–Crippen MR) is 141 cm³/mol. The van der Waals surface area contributed by atoms with Gasteiger partial charge in [0.05, 0.1) is 57.0 Å². The minimum absolute atomic E-state index is 0.0226. The number of fused-ring (bicyclic) bond motifs is 6. The van der Waals surface area contributed by atoms with E-state index in [1.807, 2.05) is 0 Å². The summed E-state index contributed by atoms with van der Waals surface area (Å²) < 4.78 is 3.23. The van der Waals surface area contributed by atoms with Gasteiger partial charge in [-0.3, -0.25) is 33.6 Å². The highest BCUT2D eigenvalue weighted by Gasteiger charge is 2.33. The molecule has 2 aliphatic rings. The molecule has 4 aromatic rings. The van der Waals surface area contributed by atoms with Crippen molar-refractivity contribution in [3.8, 4) is 11.4 Å². The van der Waals surface area contributed by atoms with Crippen LogP contribution in [0, 0.1) is 0 Å². The topological polar surface area (TPSA) is 122 Å². The first-order chi connectivity index (χ1) is 18.7. The standard InChI is InChI=1S/C26H19Cl2N7O4/c1-32-9-17-21(29-11-34(17)15-7-3-5-13(27)19(15)25(32)38)23(36)31-24(37)22-18-10-33(2)26(39)20-14(28)6-4-8-16(20)35(18)12-30-22/h3-8,11-12H,9-10H2,1-2H3,(H,31,36,37). The molecule has 2 aromatic carbocycles. The second kappa shape index (κ2) is 9.07. The highest BCUT2D eigenvalue weighted by atomic mass is 35.5. The Morgan fingerprint density at radius 3 is 1.56 bits per heavy atom. The molecule has 0 radical (unpaired) electrons. The largest absolute Gasteiger partial charge is 0.336 e. The van der Waals surface area contributed by atoms with Gasteiger partial charge in [0.15, 0.2) is 11.4 Å². The molecule has 0 unspecified atom stereocenters. The van der Waals surface area contributed by atoms with E-state index in [4.69, 9.17) is 23.2 Å². The molecule has 2 aliphatic heterocycles. The highest BCUT2D eigenvalue weighted by molar-refractivity contribution is 6.35. The van der Waals surface area contributed by atoms with E-state index in [-0.39, 0.29) is 46.3 Å². The Hall–Kier alpha value is -4.48. The van der Waals surface area contributed by atoms with Crippen molar-refractivity contribution in [2.24, 2.45) is 0 Å². The van der Waals surface area contributed by atoms with Crippen LogP contribution in [0.25, 0.3) is 11.4 Å². The van der Waals surface area contributed by atoms with Gasteiger partial charge in [-0.2, -0.15) is 0 Å². The van der Waals surface area contributed by atoms with E-state index in [1.165, 1.54) is 22.5 Å². The van der Waals surface area contributed by atoms with Crippen molar-refractivity contribution in [1.29, 1.82) is 0 Å². The zero-order valence-corrected chi connectivity index (χ0v) is 22.1. The van der Waals surface area contributed by atoms with Crippen LogP contribution in [-0.2, 0) is 13.1 Å². The zero-order valence-electron chi connectivity index (χ0n) is 20.6. The van der Waals surface area contributed by atoms with Gasteiger partial charge in [-0.25, -0.2) is 9.97 Å². The van der Waals surface area contributed by atoms with Gasteiger partial charge in [0.1, 0.15) is 12.7 Å². The predicted octanol–water partition coefficient (Wildman–Crippen LogP) is 3.11. The van der Waals surface area contributed by atoms with Crippen LogP contribution in [0.15, 0.2) is 49.1 Å². The lowest BCUT2D eigenvalue weighted by atomic mass is 10.1. The summed E-state index contributed by atoms with van der Waals surface area (Å²) in [5.74, 6) is -2.13. The molecular formula is C26H19Cl2N7O4. The molecule has 4 heterocycles. The number of imide groups is 1. The van der Waals surface area contributed by atoms with Gasteiger partial charge in [-0.1, -0.05) is 35.3 Å². The number of nitrogens with one attached hydrogen (secondary N) is 1. The fourth-order valence-electron chi connectivity index (χ4n) is 4.89.